The van der Waals surface area contributed by atoms with Crippen LogP contribution in [0.25, 0.3) is 0 Å². The summed E-state index contributed by atoms with van der Waals surface area (Å²) >= 11 is 0. The van der Waals surface area contributed by atoms with Crippen molar-refractivity contribution in [2.75, 3.05) is 4.90 Å². The van der Waals surface area contributed by atoms with E-state index in [1.807, 2.05) is 0 Å². The number of aryl methyl sites for hydroxylation is 2. The van der Waals surface area contributed by atoms with Crippen LogP contribution in [0, 0.1) is 55.7 Å². The Hall–Kier alpha value is -2.96. The number of benzene rings is 3. The Morgan fingerprint density at radius 1 is 0.571 bits per heavy atom. The Kier molecular flexibility index (Phi) is 5.10. The van der Waals surface area contributed by atoms with Crippen molar-refractivity contribution in [3.05, 3.63) is 88.0 Å². The summed E-state index contributed by atoms with van der Waals surface area (Å²) in [5.41, 5.74) is -1.88. The van der Waals surface area contributed by atoms with E-state index in [2.05, 4.69) is 0 Å². The first-order chi connectivity index (χ1) is 13.1. The van der Waals surface area contributed by atoms with Crippen molar-refractivity contribution in [3.63, 3.8) is 0 Å². The van der Waals surface area contributed by atoms with Crippen LogP contribution in [0.3, 0.4) is 0 Å². The van der Waals surface area contributed by atoms with Crippen molar-refractivity contribution < 1.29 is 26.3 Å². The van der Waals surface area contributed by atoms with E-state index >= 15 is 0 Å². The fraction of sp³-hybridized carbons (Fsp3) is 0.143. The zero-order valence-corrected chi connectivity index (χ0v) is 15.2. The Labute approximate surface area is 157 Å². The predicted molar refractivity (Wildman–Crippen MR) is 95.1 cm³/mol. The smallest absolute Gasteiger partial charge is 0.186 e. The van der Waals surface area contributed by atoms with E-state index in [4.69, 9.17) is 0 Å². The average molecular weight is 395 g/mol. The van der Waals surface area contributed by atoms with E-state index in [0.717, 1.165) is 18.6 Å². The van der Waals surface area contributed by atoms with E-state index in [1.165, 1.54) is 25.1 Å². The van der Waals surface area contributed by atoms with E-state index < -0.39 is 51.8 Å². The van der Waals surface area contributed by atoms with Crippen LogP contribution in [0.4, 0.5) is 43.4 Å². The Balaban J connectivity index is 2.40. The third kappa shape index (κ3) is 3.10. The van der Waals surface area contributed by atoms with Crippen molar-refractivity contribution in [2.45, 2.75) is 20.8 Å². The molecule has 1 nitrogen and oxygen atoms in total. The molecule has 0 heterocycles. The van der Waals surface area contributed by atoms with Gasteiger partial charge in [-0.05, 0) is 44.5 Å². The molecule has 0 saturated carbocycles. The Bertz CT molecular complexity index is 1030. The molecule has 0 aliphatic rings. The molecule has 0 aliphatic heterocycles. The zero-order valence-electron chi connectivity index (χ0n) is 15.2. The fourth-order valence-electron chi connectivity index (χ4n) is 2.82. The van der Waals surface area contributed by atoms with Crippen molar-refractivity contribution >= 4 is 17.1 Å². The molecule has 0 radical (unpaired) electrons. The van der Waals surface area contributed by atoms with Gasteiger partial charge in [-0.2, -0.15) is 0 Å². The maximum Gasteiger partial charge on any atom is 0.186 e. The van der Waals surface area contributed by atoms with Crippen LogP contribution in [-0.4, -0.2) is 0 Å². The second-order valence-corrected chi connectivity index (χ2v) is 6.43. The summed E-state index contributed by atoms with van der Waals surface area (Å²) in [5, 5.41) is 0. The highest BCUT2D eigenvalue weighted by Crippen LogP contribution is 2.42. The van der Waals surface area contributed by atoms with Gasteiger partial charge >= 0.3 is 0 Å². The summed E-state index contributed by atoms with van der Waals surface area (Å²) in [5.74, 6) is -9.28. The fourth-order valence-corrected chi connectivity index (χ4v) is 2.82. The van der Waals surface area contributed by atoms with Gasteiger partial charge < -0.3 is 4.90 Å². The van der Waals surface area contributed by atoms with Gasteiger partial charge in [0, 0.05) is 11.3 Å². The van der Waals surface area contributed by atoms with Crippen LogP contribution in [0.5, 0.6) is 0 Å². The highest BCUT2D eigenvalue weighted by molar-refractivity contribution is 5.78. The second-order valence-electron chi connectivity index (χ2n) is 6.43. The molecule has 0 amide bonds. The first kappa shape index (κ1) is 19.8. The standard InChI is InChI=1S/C21H15F6N/c1-10-4-7-13(8-5-10)28(14-9-6-11(2)15(22)18(14)25)21-19(26)16(23)12(3)17(24)20(21)27/h4-9H,1-3H3. The minimum Gasteiger partial charge on any atom is -0.302 e. The highest BCUT2D eigenvalue weighted by Gasteiger charge is 2.31. The van der Waals surface area contributed by atoms with Gasteiger partial charge in [0.1, 0.15) is 5.69 Å². The molecule has 0 bridgehead atoms. The maximum absolute atomic E-state index is 14.7. The van der Waals surface area contributed by atoms with Gasteiger partial charge in [0.15, 0.2) is 34.9 Å². The molecule has 3 aromatic rings. The molecule has 0 saturated heterocycles. The molecule has 0 N–H and O–H groups in total. The number of hydrogen-bond acceptors (Lipinski definition) is 1. The number of anilines is 3. The maximum atomic E-state index is 14.7. The molecule has 0 aliphatic carbocycles. The van der Waals surface area contributed by atoms with Crippen LogP contribution in [0.15, 0.2) is 36.4 Å². The predicted octanol–water partition coefficient (Wildman–Crippen LogP) is 6.92. The third-order valence-electron chi connectivity index (χ3n) is 4.47. The SMILES string of the molecule is Cc1ccc(N(c2ccc(C)c(F)c2F)c2c(F)c(F)c(C)c(F)c2F)cc1. The lowest BCUT2D eigenvalue weighted by atomic mass is 10.1. The molecule has 3 aromatic carbocycles. The first-order valence-corrected chi connectivity index (χ1v) is 8.29. The summed E-state index contributed by atoms with van der Waals surface area (Å²) < 4.78 is 86.5. The summed E-state index contributed by atoms with van der Waals surface area (Å²) in [7, 11) is 0. The Morgan fingerprint density at radius 3 is 1.64 bits per heavy atom. The molecule has 0 unspecified atom stereocenters. The lowest BCUT2D eigenvalue weighted by molar-refractivity contribution is 0.447. The van der Waals surface area contributed by atoms with Gasteiger partial charge in [0.2, 0.25) is 0 Å². The molecular weight excluding hydrogens is 380 g/mol. The normalized spacial score (nSPS) is 11.0. The first-order valence-electron chi connectivity index (χ1n) is 8.29. The molecule has 0 aromatic heterocycles. The Morgan fingerprint density at radius 2 is 1.11 bits per heavy atom. The number of hydrogen-bond donors (Lipinski definition) is 0. The third-order valence-corrected chi connectivity index (χ3v) is 4.47. The number of nitrogens with zero attached hydrogens (tertiary/aromatic N) is 1. The van der Waals surface area contributed by atoms with E-state index in [1.54, 1.807) is 19.1 Å². The van der Waals surface area contributed by atoms with Crippen LogP contribution in [-0.2, 0) is 0 Å². The molecule has 0 fully saturated rings. The molecule has 28 heavy (non-hydrogen) atoms. The van der Waals surface area contributed by atoms with Gasteiger partial charge in [-0.3, -0.25) is 0 Å². The lowest BCUT2D eigenvalue weighted by Crippen LogP contribution is -2.18. The summed E-state index contributed by atoms with van der Waals surface area (Å²) in [4.78, 5) is 0.619. The van der Waals surface area contributed by atoms with Gasteiger partial charge in [-0.15, -0.1) is 0 Å². The van der Waals surface area contributed by atoms with E-state index in [0.29, 0.717) is 4.90 Å². The minimum atomic E-state index is -1.71. The second kappa shape index (κ2) is 7.22. The monoisotopic (exact) mass is 395 g/mol. The van der Waals surface area contributed by atoms with Crippen molar-refractivity contribution in [2.24, 2.45) is 0 Å². The minimum absolute atomic E-state index is 0.00629. The molecule has 0 atom stereocenters. The van der Waals surface area contributed by atoms with Gasteiger partial charge in [-0.1, -0.05) is 23.8 Å². The molecular formula is C21H15F6N. The van der Waals surface area contributed by atoms with E-state index in [-0.39, 0.29) is 11.3 Å². The summed E-state index contributed by atoms with van der Waals surface area (Å²) in [6.45, 7) is 3.93. The van der Waals surface area contributed by atoms with Crippen LogP contribution in [0.1, 0.15) is 16.7 Å². The van der Waals surface area contributed by atoms with Crippen LogP contribution < -0.4 is 4.90 Å². The average Bonchev–Trinajstić information content (AvgIpc) is 2.68. The van der Waals surface area contributed by atoms with Gasteiger partial charge in [0.25, 0.3) is 0 Å². The van der Waals surface area contributed by atoms with Crippen molar-refractivity contribution in [3.8, 4) is 0 Å². The molecule has 146 valence electrons. The van der Waals surface area contributed by atoms with Gasteiger partial charge in [0.05, 0.1) is 5.69 Å². The van der Waals surface area contributed by atoms with Crippen LogP contribution in [0.2, 0.25) is 0 Å². The number of rotatable bonds is 3. The number of halogens is 6. The van der Waals surface area contributed by atoms with Crippen molar-refractivity contribution in [1.29, 1.82) is 0 Å². The summed E-state index contributed by atoms with van der Waals surface area (Å²) in [6, 6.07) is 8.15. The van der Waals surface area contributed by atoms with E-state index in [9.17, 15) is 26.3 Å². The van der Waals surface area contributed by atoms with Crippen LogP contribution >= 0.6 is 0 Å². The molecule has 3 rings (SSSR count). The molecule has 7 heteroatoms. The topological polar surface area (TPSA) is 3.24 Å². The largest absolute Gasteiger partial charge is 0.302 e. The highest BCUT2D eigenvalue weighted by atomic mass is 19.2. The molecule has 0 spiro atoms. The summed E-state index contributed by atoms with van der Waals surface area (Å²) in [6.07, 6.45) is 0. The quantitative estimate of drug-likeness (QED) is 0.344. The zero-order chi connectivity index (χ0) is 20.7. The van der Waals surface area contributed by atoms with Gasteiger partial charge in [-0.25, -0.2) is 26.3 Å². The van der Waals surface area contributed by atoms with Crippen molar-refractivity contribution in [1.82, 2.24) is 0 Å². The lowest BCUT2D eigenvalue weighted by Gasteiger charge is -2.27.